The van der Waals surface area contributed by atoms with Crippen LogP contribution in [0, 0.1) is 11.3 Å². The predicted molar refractivity (Wildman–Crippen MR) is 82.0 cm³/mol. The van der Waals surface area contributed by atoms with Crippen molar-refractivity contribution in [2.75, 3.05) is 0 Å². The van der Waals surface area contributed by atoms with E-state index in [0.717, 1.165) is 5.56 Å². The van der Waals surface area contributed by atoms with Gasteiger partial charge < -0.3 is 5.11 Å². The van der Waals surface area contributed by atoms with E-state index in [0.29, 0.717) is 10.6 Å². The van der Waals surface area contributed by atoms with Gasteiger partial charge in [0.25, 0.3) is 0 Å². The van der Waals surface area contributed by atoms with Crippen molar-refractivity contribution in [3.8, 4) is 11.8 Å². The molecule has 104 valence electrons. The molecule has 0 aliphatic heterocycles. The fourth-order valence-corrected chi connectivity index (χ4v) is 2.06. The quantitative estimate of drug-likeness (QED) is 0.874. The summed E-state index contributed by atoms with van der Waals surface area (Å²) < 4.78 is 0. The largest absolute Gasteiger partial charge is 0.507 e. The predicted octanol–water partition coefficient (Wildman–Crippen LogP) is 3.74. The van der Waals surface area contributed by atoms with E-state index < -0.39 is 0 Å². The molecule has 0 saturated carbocycles. The average Bonchev–Trinajstić information content (AvgIpc) is 2.45. The van der Waals surface area contributed by atoms with Crippen molar-refractivity contribution < 1.29 is 9.90 Å². The first-order valence-corrected chi connectivity index (χ1v) is 6.65. The van der Waals surface area contributed by atoms with Crippen molar-refractivity contribution in [2.45, 2.75) is 6.42 Å². The number of aromatic hydroxyl groups is 1. The van der Waals surface area contributed by atoms with Crippen LogP contribution in [0.3, 0.4) is 0 Å². The number of hydrogen-bond acceptors (Lipinski definition) is 3. The molecule has 0 heterocycles. The van der Waals surface area contributed by atoms with Crippen LogP contribution in [0.2, 0.25) is 5.02 Å². The molecule has 0 amide bonds. The number of halogens is 1. The summed E-state index contributed by atoms with van der Waals surface area (Å²) in [5.74, 6) is -0.164. The van der Waals surface area contributed by atoms with Crippen LogP contribution in [0.15, 0.2) is 48.5 Å². The van der Waals surface area contributed by atoms with Crippen LogP contribution in [-0.4, -0.2) is 10.9 Å². The first-order chi connectivity index (χ1) is 10.1. The number of ketones is 1. The number of carbonyl (C=O) groups excluding carboxylic acids is 1. The minimum atomic E-state index is -0.0954. The highest BCUT2D eigenvalue weighted by Crippen LogP contribution is 2.18. The van der Waals surface area contributed by atoms with E-state index in [9.17, 15) is 9.90 Å². The zero-order valence-electron chi connectivity index (χ0n) is 11.1. The van der Waals surface area contributed by atoms with Gasteiger partial charge in [-0.2, -0.15) is 5.26 Å². The fourth-order valence-electron chi connectivity index (χ4n) is 1.84. The Morgan fingerprint density at radius 1 is 1.29 bits per heavy atom. The summed E-state index contributed by atoms with van der Waals surface area (Å²) in [5.41, 5.74) is 1.71. The zero-order valence-corrected chi connectivity index (χ0v) is 11.8. The van der Waals surface area contributed by atoms with Crippen LogP contribution < -0.4 is 0 Å². The van der Waals surface area contributed by atoms with Crippen LogP contribution in [-0.2, 0) is 11.2 Å². The van der Waals surface area contributed by atoms with Gasteiger partial charge in [-0.1, -0.05) is 35.9 Å². The second-order valence-corrected chi connectivity index (χ2v) is 4.93. The van der Waals surface area contributed by atoms with Gasteiger partial charge in [-0.05, 0) is 41.5 Å². The smallest absolute Gasteiger partial charge is 0.160 e. The molecule has 0 spiro atoms. The molecular formula is C17H12ClNO2. The highest BCUT2D eigenvalue weighted by molar-refractivity contribution is 6.30. The maximum atomic E-state index is 11.9. The summed E-state index contributed by atoms with van der Waals surface area (Å²) in [5, 5.41) is 18.9. The number of nitrogens with zero attached hydrogens (tertiary/aromatic N) is 1. The summed E-state index contributed by atoms with van der Waals surface area (Å²) >= 11 is 5.86. The molecule has 21 heavy (non-hydrogen) atoms. The van der Waals surface area contributed by atoms with Gasteiger partial charge in [0.15, 0.2) is 5.78 Å². The third-order valence-corrected chi connectivity index (χ3v) is 3.11. The Labute approximate surface area is 127 Å². The standard InChI is InChI=1S/C17H12ClNO2/c18-15-3-1-2-13(8-15)9-16(20)7-5-12-4-6-14(11-19)17(21)10-12/h1-8,10,21H,9H2/b7-5+. The molecule has 4 heteroatoms. The number of rotatable bonds is 4. The Balaban J connectivity index is 2.05. The van der Waals surface area contributed by atoms with Crippen molar-refractivity contribution in [3.63, 3.8) is 0 Å². The van der Waals surface area contributed by atoms with Gasteiger partial charge in [-0.3, -0.25) is 4.79 Å². The molecule has 2 aromatic rings. The lowest BCUT2D eigenvalue weighted by molar-refractivity contribution is -0.113. The van der Waals surface area contributed by atoms with Crippen LogP contribution in [0.1, 0.15) is 16.7 Å². The molecule has 0 bridgehead atoms. The highest BCUT2D eigenvalue weighted by Gasteiger charge is 2.02. The van der Waals surface area contributed by atoms with Gasteiger partial charge in [0.05, 0.1) is 5.56 Å². The number of carbonyl (C=O) groups is 1. The second-order valence-electron chi connectivity index (χ2n) is 4.49. The van der Waals surface area contributed by atoms with E-state index in [-0.39, 0.29) is 23.5 Å². The Morgan fingerprint density at radius 3 is 2.76 bits per heavy atom. The van der Waals surface area contributed by atoms with Crippen LogP contribution in [0.4, 0.5) is 0 Å². The molecule has 3 nitrogen and oxygen atoms in total. The molecule has 0 aliphatic carbocycles. The third kappa shape index (κ3) is 4.20. The third-order valence-electron chi connectivity index (χ3n) is 2.87. The minimum absolute atomic E-state index is 0.0684. The molecule has 0 saturated heterocycles. The Kier molecular flexibility index (Phi) is 4.76. The lowest BCUT2D eigenvalue weighted by atomic mass is 10.1. The van der Waals surface area contributed by atoms with E-state index >= 15 is 0 Å². The maximum Gasteiger partial charge on any atom is 0.160 e. The van der Waals surface area contributed by atoms with Crippen LogP contribution in [0.5, 0.6) is 5.75 Å². The van der Waals surface area contributed by atoms with Gasteiger partial charge in [0.1, 0.15) is 11.8 Å². The lowest BCUT2D eigenvalue weighted by Gasteiger charge is -1.99. The second kappa shape index (κ2) is 6.74. The van der Waals surface area contributed by atoms with E-state index in [1.54, 1.807) is 30.3 Å². The maximum absolute atomic E-state index is 11.9. The first kappa shape index (κ1) is 14.8. The molecular weight excluding hydrogens is 286 g/mol. The number of benzene rings is 2. The molecule has 0 unspecified atom stereocenters. The average molecular weight is 298 g/mol. The minimum Gasteiger partial charge on any atom is -0.507 e. The molecule has 0 atom stereocenters. The van der Waals surface area contributed by atoms with Crippen molar-refractivity contribution in [3.05, 3.63) is 70.3 Å². The summed E-state index contributed by atoms with van der Waals surface area (Å²) in [4.78, 5) is 11.9. The summed E-state index contributed by atoms with van der Waals surface area (Å²) in [6, 6.07) is 13.6. The number of phenolic OH excluding ortho intramolecular Hbond substituents is 1. The van der Waals surface area contributed by atoms with Crippen LogP contribution in [0.25, 0.3) is 6.08 Å². The number of nitriles is 1. The molecule has 0 fully saturated rings. The van der Waals surface area contributed by atoms with E-state index in [1.165, 1.54) is 18.2 Å². The normalized spacial score (nSPS) is 10.5. The van der Waals surface area contributed by atoms with Gasteiger partial charge in [-0.15, -0.1) is 0 Å². The van der Waals surface area contributed by atoms with E-state index in [1.807, 2.05) is 12.1 Å². The van der Waals surface area contributed by atoms with Gasteiger partial charge in [0.2, 0.25) is 0 Å². The Hall–Kier alpha value is -2.57. The van der Waals surface area contributed by atoms with Gasteiger partial charge in [-0.25, -0.2) is 0 Å². The van der Waals surface area contributed by atoms with E-state index in [4.69, 9.17) is 16.9 Å². The monoisotopic (exact) mass is 297 g/mol. The molecule has 2 rings (SSSR count). The molecule has 2 aromatic carbocycles. The van der Waals surface area contributed by atoms with Gasteiger partial charge >= 0.3 is 0 Å². The zero-order chi connectivity index (χ0) is 15.2. The van der Waals surface area contributed by atoms with Crippen molar-refractivity contribution in [1.82, 2.24) is 0 Å². The first-order valence-electron chi connectivity index (χ1n) is 6.27. The summed E-state index contributed by atoms with van der Waals surface area (Å²) in [6.45, 7) is 0. The molecule has 0 aromatic heterocycles. The summed E-state index contributed by atoms with van der Waals surface area (Å²) in [6.07, 6.45) is 3.31. The van der Waals surface area contributed by atoms with Crippen molar-refractivity contribution in [1.29, 1.82) is 5.26 Å². The number of phenols is 1. The molecule has 0 radical (unpaired) electrons. The topological polar surface area (TPSA) is 61.1 Å². The fraction of sp³-hybridized carbons (Fsp3) is 0.0588. The Bertz CT molecular complexity index is 745. The summed E-state index contributed by atoms with van der Waals surface area (Å²) in [7, 11) is 0. The van der Waals surface area contributed by atoms with Crippen molar-refractivity contribution in [2.24, 2.45) is 0 Å². The van der Waals surface area contributed by atoms with Crippen molar-refractivity contribution >= 4 is 23.5 Å². The number of allylic oxidation sites excluding steroid dienone is 1. The van der Waals surface area contributed by atoms with E-state index in [2.05, 4.69) is 0 Å². The lowest BCUT2D eigenvalue weighted by Crippen LogP contribution is -1.98. The molecule has 1 N–H and O–H groups in total. The number of hydrogen-bond donors (Lipinski definition) is 1. The van der Waals surface area contributed by atoms with Gasteiger partial charge in [0, 0.05) is 11.4 Å². The van der Waals surface area contributed by atoms with Crippen LogP contribution >= 0.6 is 11.6 Å². The SMILES string of the molecule is N#Cc1ccc(/C=C/C(=O)Cc2cccc(Cl)c2)cc1O. The molecule has 0 aliphatic rings. The Morgan fingerprint density at radius 2 is 2.10 bits per heavy atom. The highest BCUT2D eigenvalue weighted by atomic mass is 35.5.